The zero-order valence-electron chi connectivity index (χ0n) is 14.0. The van der Waals surface area contributed by atoms with Gasteiger partial charge in [0.25, 0.3) is 0 Å². The van der Waals surface area contributed by atoms with Gasteiger partial charge in [-0.2, -0.15) is 0 Å². The third-order valence-corrected chi connectivity index (χ3v) is 4.80. The molecule has 1 aliphatic carbocycles. The van der Waals surface area contributed by atoms with E-state index in [0.29, 0.717) is 13.2 Å². The highest BCUT2D eigenvalue weighted by molar-refractivity contribution is 5.25. The van der Waals surface area contributed by atoms with Gasteiger partial charge in [-0.25, -0.2) is 0 Å². The van der Waals surface area contributed by atoms with Crippen molar-refractivity contribution in [2.24, 2.45) is 5.92 Å². The van der Waals surface area contributed by atoms with Gasteiger partial charge in [0.1, 0.15) is 0 Å². The first-order chi connectivity index (χ1) is 10.8. The van der Waals surface area contributed by atoms with E-state index in [1.807, 2.05) is 19.1 Å². The highest BCUT2D eigenvalue weighted by Gasteiger charge is 2.21. The van der Waals surface area contributed by atoms with Crippen LogP contribution in [0.2, 0.25) is 0 Å². The van der Waals surface area contributed by atoms with Gasteiger partial charge in [0.2, 0.25) is 0 Å². The predicted octanol–water partition coefficient (Wildman–Crippen LogP) is 6.02. The number of hydrogen-bond donors (Lipinski definition) is 0. The summed E-state index contributed by atoms with van der Waals surface area (Å²) >= 11 is 0. The molecule has 1 aliphatic rings. The summed E-state index contributed by atoms with van der Waals surface area (Å²) in [7, 11) is 0. The molecule has 1 saturated carbocycles. The molecule has 0 radical (unpaired) electrons. The van der Waals surface area contributed by atoms with Gasteiger partial charge in [0, 0.05) is 0 Å². The summed E-state index contributed by atoms with van der Waals surface area (Å²) < 4.78 is 5.60. The van der Waals surface area contributed by atoms with Gasteiger partial charge in [-0.1, -0.05) is 42.5 Å². The maximum Gasteiger partial charge on any atom is 0.0721 e. The minimum Gasteiger partial charge on any atom is -0.373 e. The molecule has 120 valence electrons. The van der Waals surface area contributed by atoms with Crippen molar-refractivity contribution in [3.63, 3.8) is 0 Å². The molecular formula is C21H30O. The van der Waals surface area contributed by atoms with Crippen LogP contribution in [0.5, 0.6) is 0 Å². The molecule has 0 amide bonds. The summed E-state index contributed by atoms with van der Waals surface area (Å²) in [6.07, 6.45) is 14.1. The predicted molar refractivity (Wildman–Crippen MR) is 95.0 cm³/mol. The summed E-state index contributed by atoms with van der Waals surface area (Å²) in [5.74, 6) is 1.69. The molecule has 0 atom stereocenters. The third-order valence-electron chi connectivity index (χ3n) is 4.80. The highest BCUT2D eigenvalue weighted by Crippen LogP contribution is 2.37. The molecule has 1 aromatic carbocycles. The lowest BCUT2D eigenvalue weighted by Crippen LogP contribution is -2.13. The Morgan fingerprint density at radius 1 is 1.14 bits per heavy atom. The fourth-order valence-electron chi connectivity index (χ4n) is 3.37. The summed E-state index contributed by atoms with van der Waals surface area (Å²) in [5, 5.41) is 0. The summed E-state index contributed by atoms with van der Waals surface area (Å²) in [6.45, 7) is 7.26. The standard InChI is InChI=1S/C21H30O/c1-3-5-7-18-8-12-20(13-9-18)21-14-10-19(11-15-21)17-22-16-6-4-2/h3-4,6,10-11,14-15,18,20H,1,5,7-9,12-13,16-17H2,2H3/t18-,20-. The van der Waals surface area contributed by atoms with E-state index in [1.54, 1.807) is 0 Å². The van der Waals surface area contributed by atoms with E-state index in [9.17, 15) is 0 Å². The molecule has 1 aromatic rings. The molecule has 1 fully saturated rings. The Kier molecular flexibility index (Phi) is 7.45. The zero-order chi connectivity index (χ0) is 15.6. The second-order valence-corrected chi connectivity index (χ2v) is 6.41. The number of hydrogen-bond acceptors (Lipinski definition) is 1. The van der Waals surface area contributed by atoms with Gasteiger partial charge in [-0.05, 0) is 68.4 Å². The lowest BCUT2D eigenvalue weighted by Gasteiger charge is -2.28. The van der Waals surface area contributed by atoms with E-state index in [-0.39, 0.29) is 0 Å². The lowest BCUT2D eigenvalue weighted by molar-refractivity contribution is 0.148. The van der Waals surface area contributed by atoms with Crippen molar-refractivity contribution in [3.05, 3.63) is 60.2 Å². The first-order valence-corrected chi connectivity index (χ1v) is 8.72. The minimum absolute atomic E-state index is 0.701. The van der Waals surface area contributed by atoms with E-state index in [1.165, 1.54) is 49.7 Å². The average Bonchev–Trinajstić information content (AvgIpc) is 2.58. The number of allylic oxidation sites excluding steroid dienone is 2. The second-order valence-electron chi connectivity index (χ2n) is 6.41. The lowest BCUT2D eigenvalue weighted by atomic mass is 9.77. The van der Waals surface area contributed by atoms with E-state index in [0.717, 1.165) is 11.8 Å². The Balaban J connectivity index is 1.77. The van der Waals surface area contributed by atoms with Crippen molar-refractivity contribution in [1.29, 1.82) is 0 Å². The number of benzene rings is 1. The third kappa shape index (κ3) is 5.46. The van der Waals surface area contributed by atoms with Crippen molar-refractivity contribution >= 4 is 0 Å². The maximum atomic E-state index is 5.60. The summed E-state index contributed by atoms with van der Waals surface area (Å²) in [5.41, 5.74) is 2.78. The van der Waals surface area contributed by atoms with Crippen LogP contribution in [0.15, 0.2) is 49.1 Å². The fraction of sp³-hybridized carbons (Fsp3) is 0.524. The fourth-order valence-corrected chi connectivity index (χ4v) is 3.37. The van der Waals surface area contributed by atoms with Gasteiger partial charge in [0.05, 0.1) is 13.2 Å². The molecule has 0 N–H and O–H groups in total. The average molecular weight is 298 g/mol. The van der Waals surface area contributed by atoms with Crippen LogP contribution in [0.3, 0.4) is 0 Å². The topological polar surface area (TPSA) is 9.23 Å². The van der Waals surface area contributed by atoms with Crippen LogP contribution in [0, 0.1) is 5.92 Å². The van der Waals surface area contributed by atoms with Crippen LogP contribution in [-0.4, -0.2) is 6.61 Å². The van der Waals surface area contributed by atoms with Crippen molar-refractivity contribution in [2.75, 3.05) is 6.61 Å². The Hall–Kier alpha value is -1.34. The molecule has 1 nitrogen and oxygen atoms in total. The van der Waals surface area contributed by atoms with Gasteiger partial charge < -0.3 is 4.74 Å². The molecule has 0 heterocycles. The smallest absolute Gasteiger partial charge is 0.0721 e. The first kappa shape index (κ1) is 17.0. The molecule has 0 bridgehead atoms. The van der Waals surface area contributed by atoms with E-state index in [4.69, 9.17) is 4.74 Å². The molecule has 1 heteroatoms. The SMILES string of the molecule is C=CCC[C@H]1CC[C@H](c2ccc(COCC=CC)cc2)CC1. The van der Waals surface area contributed by atoms with E-state index in [2.05, 4.69) is 36.9 Å². The first-order valence-electron chi connectivity index (χ1n) is 8.72. The second kappa shape index (κ2) is 9.63. The van der Waals surface area contributed by atoms with Crippen LogP contribution in [0.1, 0.15) is 62.5 Å². The maximum absolute atomic E-state index is 5.60. The molecule has 0 aromatic heterocycles. The van der Waals surface area contributed by atoms with Gasteiger partial charge >= 0.3 is 0 Å². The Morgan fingerprint density at radius 2 is 1.86 bits per heavy atom. The van der Waals surface area contributed by atoms with Crippen LogP contribution >= 0.6 is 0 Å². The Bertz CT molecular complexity index is 449. The molecule has 0 saturated heterocycles. The summed E-state index contributed by atoms with van der Waals surface area (Å²) in [4.78, 5) is 0. The van der Waals surface area contributed by atoms with Crippen molar-refractivity contribution < 1.29 is 4.74 Å². The van der Waals surface area contributed by atoms with Crippen LogP contribution in [0.25, 0.3) is 0 Å². The molecule has 0 spiro atoms. The molecule has 22 heavy (non-hydrogen) atoms. The number of rotatable bonds is 8. The Labute approximate surface area is 136 Å². The van der Waals surface area contributed by atoms with E-state index >= 15 is 0 Å². The van der Waals surface area contributed by atoms with Crippen molar-refractivity contribution in [3.8, 4) is 0 Å². The van der Waals surface area contributed by atoms with Gasteiger partial charge in [-0.3, -0.25) is 0 Å². The van der Waals surface area contributed by atoms with Crippen LogP contribution < -0.4 is 0 Å². The number of ether oxygens (including phenoxy) is 1. The Morgan fingerprint density at radius 3 is 2.50 bits per heavy atom. The van der Waals surface area contributed by atoms with E-state index < -0.39 is 0 Å². The quantitative estimate of drug-likeness (QED) is 0.421. The molecule has 0 unspecified atom stereocenters. The monoisotopic (exact) mass is 298 g/mol. The normalized spacial score (nSPS) is 22.0. The summed E-state index contributed by atoms with van der Waals surface area (Å²) in [6, 6.07) is 9.08. The minimum atomic E-state index is 0.701. The molecular weight excluding hydrogens is 268 g/mol. The van der Waals surface area contributed by atoms with Gasteiger partial charge in [0.15, 0.2) is 0 Å². The highest BCUT2D eigenvalue weighted by atomic mass is 16.5. The van der Waals surface area contributed by atoms with Crippen LogP contribution in [0.4, 0.5) is 0 Å². The van der Waals surface area contributed by atoms with Gasteiger partial charge in [-0.15, -0.1) is 6.58 Å². The van der Waals surface area contributed by atoms with Crippen LogP contribution in [-0.2, 0) is 11.3 Å². The van der Waals surface area contributed by atoms with Crippen molar-refractivity contribution in [1.82, 2.24) is 0 Å². The molecule has 0 aliphatic heterocycles. The van der Waals surface area contributed by atoms with Crippen molar-refractivity contribution in [2.45, 2.75) is 58.0 Å². The zero-order valence-corrected chi connectivity index (χ0v) is 14.0. The largest absolute Gasteiger partial charge is 0.373 e. The molecule has 2 rings (SSSR count).